The monoisotopic (exact) mass is 431 g/mol. The van der Waals surface area contributed by atoms with E-state index >= 15 is 0 Å². The van der Waals surface area contributed by atoms with Gasteiger partial charge in [-0.1, -0.05) is 24.3 Å². The molecule has 8 heteroatoms. The van der Waals surface area contributed by atoms with Crippen molar-refractivity contribution in [3.05, 3.63) is 89.5 Å². The first-order chi connectivity index (χ1) is 15.6. The number of nitrogens with one attached hydrogen (secondary N) is 1. The molecule has 2 aromatic heterocycles. The van der Waals surface area contributed by atoms with Gasteiger partial charge in [-0.25, -0.2) is 10.2 Å². The molecule has 0 aliphatic heterocycles. The summed E-state index contributed by atoms with van der Waals surface area (Å²) in [5.41, 5.74) is 4.78. The molecule has 0 atom stereocenters. The lowest BCUT2D eigenvalue weighted by Crippen LogP contribution is -2.17. The molecule has 32 heavy (non-hydrogen) atoms. The Morgan fingerprint density at radius 2 is 1.94 bits per heavy atom. The predicted octanol–water partition coefficient (Wildman–Crippen LogP) is 3.84. The fraction of sp³-hybridized carbons (Fsp3) is 0.125. The topological polar surface area (TPSA) is 95.1 Å². The molecular weight excluding hydrogens is 410 g/mol. The fourth-order valence-corrected chi connectivity index (χ4v) is 3.34. The Balaban J connectivity index is 1.54. The van der Waals surface area contributed by atoms with E-state index in [0.29, 0.717) is 23.6 Å². The maximum atomic E-state index is 12.4. The molecule has 162 valence electrons. The Labute approximate surface area is 184 Å². The van der Waals surface area contributed by atoms with Crippen LogP contribution in [0.1, 0.15) is 32.2 Å². The minimum Gasteiger partial charge on any atom is -0.497 e. The highest BCUT2D eigenvalue weighted by atomic mass is 16.5. The number of fused-ring (bicyclic) bond motifs is 1. The van der Waals surface area contributed by atoms with E-state index in [0.717, 1.165) is 16.5 Å². The third-order valence-corrected chi connectivity index (χ3v) is 4.90. The van der Waals surface area contributed by atoms with E-state index in [4.69, 9.17) is 9.15 Å². The lowest BCUT2D eigenvalue weighted by atomic mass is 10.2. The standard InChI is InChI=1S/C24H21N3O5/c1-30-18-7-5-6-16(12-18)23(28)26-25-13-17-14-27(21-9-4-3-8-20(17)21)15-19-10-11-22(32-19)24(29)31-2/h3-14H,15H2,1-2H3,(H,26,28)/b25-13-. The van der Waals surface area contributed by atoms with Crippen molar-refractivity contribution in [1.29, 1.82) is 0 Å². The molecule has 4 aromatic rings. The van der Waals surface area contributed by atoms with Crippen LogP contribution in [0.25, 0.3) is 10.9 Å². The third kappa shape index (κ3) is 4.39. The van der Waals surface area contributed by atoms with E-state index in [2.05, 4.69) is 15.3 Å². The van der Waals surface area contributed by atoms with Crippen LogP contribution >= 0.6 is 0 Å². The third-order valence-electron chi connectivity index (χ3n) is 4.90. The minimum absolute atomic E-state index is 0.154. The number of benzene rings is 2. The first kappa shape index (κ1) is 20.9. The van der Waals surface area contributed by atoms with Crippen LogP contribution in [0.5, 0.6) is 5.75 Å². The molecule has 4 rings (SSSR count). The summed E-state index contributed by atoms with van der Waals surface area (Å²) < 4.78 is 17.4. The number of carbonyl (C=O) groups is 2. The van der Waals surface area contributed by atoms with Gasteiger partial charge in [-0.05, 0) is 36.4 Å². The van der Waals surface area contributed by atoms with Crippen molar-refractivity contribution < 1.29 is 23.5 Å². The molecule has 0 aliphatic carbocycles. The van der Waals surface area contributed by atoms with E-state index in [1.165, 1.54) is 7.11 Å². The zero-order valence-electron chi connectivity index (χ0n) is 17.6. The smallest absolute Gasteiger partial charge is 0.373 e. The Bertz CT molecular complexity index is 1300. The first-order valence-electron chi connectivity index (χ1n) is 9.81. The van der Waals surface area contributed by atoms with Gasteiger partial charge in [0.25, 0.3) is 5.91 Å². The fourth-order valence-electron chi connectivity index (χ4n) is 3.34. The van der Waals surface area contributed by atoms with Gasteiger partial charge in [-0.15, -0.1) is 0 Å². The van der Waals surface area contributed by atoms with E-state index in [1.54, 1.807) is 49.7 Å². The van der Waals surface area contributed by atoms with Gasteiger partial charge < -0.3 is 18.5 Å². The summed E-state index contributed by atoms with van der Waals surface area (Å²) in [5, 5.41) is 5.08. The summed E-state index contributed by atoms with van der Waals surface area (Å²) in [6, 6.07) is 18.0. The maximum Gasteiger partial charge on any atom is 0.373 e. The molecule has 0 aliphatic rings. The molecule has 2 aromatic carbocycles. The van der Waals surface area contributed by atoms with Gasteiger partial charge in [0.15, 0.2) is 0 Å². The van der Waals surface area contributed by atoms with E-state index < -0.39 is 5.97 Å². The number of hydrogen-bond donors (Lipinski definition) is 1. The molecule has 0 saturated carbocycles. The van der Waals surface area contributed by atoms with Crippen LogP contribution in [0.4, 0.5) is 0 Å². The van der Waals surface area contributed by atoms with Crippen LogP contribution in [0.2, 0.25) is 0 Å². The molecule has 1 amide bonds. The van der Waals surface area contributed by atoms with Crippen LogP contribution in [0.15, 0.2) is 76.4 Å². The normalized spacial score (nSPS) is 11.1. The van der Waals surface area contributed by atoms with Gasteiger partial charge in [-0.2, -0.15) is 5.10 Å². The lowest BCUT2D eigenvalue weighted by molar-refractivity contribution is 0.0562. The number of hydrogen-bond acceptors (Lipinski definition) is 6. The summed E-state index contributed by atoms with van der Waals surface area (Å²) in [6.45, 7) is 0.418. The zero-order chi connectivity index (χ0) is 22.5. The number of nitrogens with zero attached hydrogens (tertiary/aromatic N) is 2. The summed E-state index contributed by atoms with van der Waals surface area (Å²) in [4.78, 5) is 24.0. The largest absolute Gasteiger partial charge is 0.497 e. The van der Waals surface area contributed by atoms with Crippen molar-refractivity contribution >= 4 is 29.0 Å². The molecular formula is C24H21N3O5. The number of ether oxygens (including phenoxy) is 2. The minimum atomic E-state index is -0.520. The molecule has 0 bridgehead atoms. The van der Waals surface area contributed by atoms with Gasteiger partial charge in [0.05, 0.1) is 27.0 Å². The van der Waals surface area contributed by atoms with E-state index in [9.17, 15) is 9.59 Å². The molecule has 2 heterocycles. The predicted molar refractivity (Wildman–Crippen MR) is 119 cm³/mol. The van der Waals surface area contributed by atoms with E-state index in [-0.39, 0.29) is 11.7 Å². The number of para-hydroxylation sites is 1. The highest BCUT2D eigenvalue weighted by Gasteiger charge is 2.13. The first-order valence-corrected chi connectivity index (χ1v) is 9.81. The van der Waals surface area contributed by atoms with Crippen LogP contribution in [0.3, 0.4) is 0 Å². The van der Waals surface area contributed by atoms with Crippen LogP contribution in [-0.2, 0) is 11.3 Å². The van der Waals surface area contributed by atoms with Crippen molar-refractivity contribution in [3.8, 4) is 5.75 Å². The van der Waals surface area contributed by atoms with Crippen molar-refractivity contribution in [2.24, 2.45) is 5.10 Å². The number of furan rings is 1. The Morgan fingerprint density at radius 3 is 2.75 bits per heavy atom. The van der Waals surface area contributed by atoms with Gasteiger partial charge in [0, 0.05) is 28.2 Å². The number of hydrazone groups is 1. The quantitative estimate of drug-likeness (QED) is 0.273. The van der Waals surface area contributed by atoms with Crippen LogP contribution in [0, 0.1) is 0 Å². The second-order valence-electron chi connectivity index (χ2n) is 6.92. The Morgan fingerprint density at radius 1 is 1.09 bits per heavy atom. The second-order valence-corrected chi connectivity index (χ2v) is 6.92. The van der Waals surface area contributed by atoms with E-state index in [1.807, 2.05) is 35.0 Å². The van der Waals surface area contributed by atoms with Crippen molar-refractivity contribution in [2.45, 2.75) is 6.54 Å². The van der Waals surface area contributed by atoms with Gasteiger partial charge in [0.1, 0.15) is 11.5 Å². The summed E-state index contributed by atoms with van der Waals surface area (Å²) >= 11 is 0. The summed E-state index contributed by atoms with van der Waals surface area (Å²) in [6.07, 6.45) is 3.51. The highest BCUT2D eigenvalue weighted by Crippen LogP contribution is 2.22. The average Bonchev–Trinajstić information content (AvgIpc) is 3.44. The van der Waals surface area contributed by atoms with Gasteiger partial charge >= 0.3 is 5.97 Å². The van der Waals surface area contributed by atoms with Crippen LogP contribution < -0.4 is 10.2 Å². The maximum absolute atomic E-state index is 12.4. The van der Waals surface area contributed by atoms with Crippen molar-refractivity contribution in [2.75, 3.05) is 14.2 Å². The second kappa shape index (κ2) is 9.22. The van der Waals surface area contributed by atoms with Gasteiger partial charge in [-0.3, -0.25) is 4.79 Å². The average molecular weight is 431 g/mol. The van der Waals surface area contributed by atoms with Crippen molar-refractivity contribution in [1.82, 2.24) is 9.99 Å². The number of aromatic nitrogens is 1. The SMILES string of the molecule is COC(=O)c1ccc(Cn2cc(/C=N\NC(=O)c3cccc(OC)c3)c3ccccc32)o1. The number of methoxy groups -OCH3 is 2. The number of rotatable bonds is 7. The highest BCUT2D eigenvalue weighted by molar-refractivity contribution is 6.00. The molecule has 0 spiro atoms. The number of carbonyl (C=O) groups excluding carboxylic acids is 2. The zero-order valence-corrected chi connectivity index (χ0v) is 17.6. The summed E-state index contributed by atoms with van der Waals surface area (Å²) in [7, 11) is 2.85. The molecule has 0 saturated heterocycles. The Hall–Kier alpha value is -4.33. The molecule has 0 unspecified atom stereocenters. The Kier molecular flexibility index (Phi) is 6.03. The van der Waals surface area contributed by atoms with Crippen molar-refractivity contribution in [3.63, 3.8) is 0 Å². The van der Waals surface area contributed by atoms with Crippen LogP contribution in [-0.4, -0.2) is 36.9 Å². The summed E-state index contributed by atoms with van der Waals surface area (Å²) in [5.74, 6) is 0.503. The number of amides is 1. The lowest BCUT2D eigenvalue weighted by Gasteiger charge is -2.02. The number of esters is 1. The molecule has 8 nitrogen and oxygen atoms in total. The molecule has 1 N–H and O–H groups in total. The van der Waals surface area contributed by atoms with Gasteiger partial charge in [0.2, 0.25) is 5.76 Å². The molecule has 0 radical (unpaired) electrons. The molecule has 0 fully saturated rings.